The van der Waals surface area contributed by atoms with Crippen LogP contribution in [0.25, 0.3) is 0 Å². The van der Waals surface area contributed by atoms with Crippen molar-refractivity contribution in [3.63, 3.8) is 0 Å². The third-order valence-corrected chi connectivity index (χ3v) is 22.2. The molecule has 7 aliphatic carbocycles. The summed E-state index contributed by atoms with van der Waals surface area (Å²) in [5.41, 5.74) is 10.6. The minimum absolute atomic E-state index is 0.503. The van der Waals surface area contributed by atoms with E-state index in [-0.39, 0.29) is 0 Å². The predicted octanol–water partition coefficient (Wildman–Crippen LogP) is 23.1. The van der Waals surface area contributed by atoms with Gasteiger partial charge in [0, 0.05) is 36.7 Å². The Morgan fingerprint density at radius 3 is 0.571 bits per heavy atom. The molecule has 0 aromatic rings. The Labute approximate surface area is 520 Å². The number of allylic oxidation sites excluding steroid dienone is 10. The summed E-state index contributed by atoms with van der Waals surface area (Å²) >= 11 is 32.2. The van der Waals surface area contributed by atoms with E-state index in [2.05, 4.69) is 276 Å². The van der Waals surface area contributed by atoms with Gasteiger partial charge in [-0.3, -0.25) is 0 Å². The molecule has 0 amide bonds. The topological polar surface area (TPSA) is 0 Å². The molecule has 0 unspecified atom stereocenters. The molecular weight excluding hydrogens is 1070 g/mol. The molecule has 14 atom stereocenters. The van der Waals surface area contributed by atoms with Crippen molar-refractivity contribution in [1.82, 2.24) is 0 Å². The highest BCUT2D eigenvalue weighted by Crippen LogP contribution is 2.38. The lowest BCUT2D eigenvalue weighted by atomic mass is 9.82. The van der Waals surface area contributed by atoms with Gasteiger partial charge < -0.3 is 0 Å². The van der Waals surface area contributed by atoms with Gasteiger partial charge in [-0.15, -0.1) is 0 Å². The van der Waals surface area contributed by atoms with Crippen molar-refractivity contribution in [2.75, 3.05) is 0 Å². The maximum atomic E-state index is 4.61. The smallest absolute Gasteiger partial charge is 0.0230 e. The molecule has 7 aliphatic rings. The lowest BCUT2D eigenvalue weighted by molar-refractivity contribution is 0.360. The van der Waals surface area contributed by atoms with Gasteiger partial charge in [0.1, 0.15) is 0 Å². The molecule has 0 spiro atoms. The van der Waals surface area contributed by atoms with E-state index in [1.807, 2.05) is 0 Å². The Morgan fingerprint density at radius 2 is 0.442 bits per heavy atom. The van der Waals surface area contributed by atoms with Crippen LogP contribution < -0.4 is 0 Å². The van der Waals surface area contributed by atoms with Crippen LogP contribution in [0.4, 0.5) is 0 Å². The van der Waals surface area contributed by atoms with E-state index in [0.29, 0.717) is 36.7 Å². The summed E-state index contributed by atoms with van der Waals surface area (Å²) in [6.07, 6.45) is 34.1. The molecule has 0 N–H and O–H groups in total. The van der Waals surface area contributed by atoms with E-state index < -0.39 is 0 Å². The van der Waals surface area contributed by atoms with E-state index in [0.717, 1.165) is 82.9 Å². The van der Waals surface area contributed by atoms with Crippen LogP contribution >= 0.6 is 88.4 Å². The Morgan fingerprint density at radius 1 is 0.273 bits per heavy atom. The molecule has 0 saturated carbocycles. The van der Waals surface area contributed by atoms with Crippen molar-refractivity contribution in [3.8, 4) is 0 Å². The third-order valence-electron chi connectivity index (χ3n) is 18.3. The van der Waals surface area contributed by atoms with E-state index in [1.165, 1.54) is 129 Å². The van der Waals surface area contributed by atoms with Crippen LogP contribution in [0.1, 0.15) is 235 Å². The molecule has 0 saturated heterocycles. The number of rotatable bonds is 7. The molecule has 0 fully saturated rings. The Hall–Kier alpha value is 0.630. The van der Waals surface area contributed by atoms with Crippen LogP contribution in [0.3, 0.4) is 0 Å². The second-order valence-corrected chi connectivity index (χ2v) is 32.1. The quantitative estimate of drug-likeness (QED) is 0.0959. The van der Waals surface area contributed by atoms with E-state index in [1.54, 1.807) is 0 Å². The van der Waals surface area contributed by atoms with Crippen molar-refractivity contribution in [2.45, 2.75) is 272 Å². The van der Waals surface area contributed by atoms with Gasteiger partial charge >= 0.3 is 0 Å². The number of thiol groups is 7. The lowest BCUT2D eigenvalue weighted by Crippen LogP contribution is -2.23. The van der Waals surface area contributed by atoms with Crippen LogP contribution in [0.15, 0.2) is 81.5 Å². The highest BCUT2D eigenvalue weighted by Gasteiger charge is 2.28. The highest BCUT2D eigenvalue weighted by atomic mass is 32.1. The minimum atomic E-state index is 0.503. The molecule has 0 nitrogen and oxygen atoms in total. The Kier molecular flexibility index (Phi) is 38.6. The van der Waals surface area contributed by atoms with Crippen molar-refractivity contribution in [3.05, 3.63) is 81.5 Å². The van der Waals surface area contributed by atoms with Crippen LogP contribution in [0.2, 0.25) is 0 Å². The van der Waals surface area contributed by atoms with E-state index in [9.17, 15) is 0 Å². The predicted molar refractivity (Wildman–Crippen MR) is 379 cm³/mol. The SMILES string of the molecule is CC1=CC[C@@H](C(C)C)[C@@H](S)C1.CC1=CC[C@H](C(C)C)[C@@H](S)C1.CC1=CC[C@H](C(C)C)[C@H](S)C1.CC1=C[C@@H](S)[C@@H](C(C)C)CC1.CC1=C[C@@H](S)[C@H](C(C)C)CC1.CC1=C[C@H](S)[C@@H](C(C)C)CC1.CC1=C[C@H](S)[C@H](C(C)C)CC1. The van der Waals surface area contributed by atoms with Gasteiger partial charge in [-0.05, 0) is 221 Å². The van der Waals surface area contributed by atoms with Crippen LogP contribution in [-0.2, 0) is 0 Å². The lowest BCUT2D eigenvalue weighted by Gasteiger charge is -2.29. The summed E-state index contributed by atoms with van der Waals surface area (Å²) < 4.78 is 0. The van der Waals surface area contributed by atoms with E-state index in [4.69, 9.17) is 0 Å². The van der Waals surface area contributed by atoms with Gasteiger partial charge in [0.15, 0.2) is 0 Å². The minimum Gasteiger partial charge on any atom is -0.175 e. The summed E-state index contributed by atoms with van der Waals surface area (Å²) in [4.78, 5) is 0. The van der Waals surface area contributed by atoms with Crippen LogP contribution in [0, 0.1) is 82.9 Å². The Bertz CT molecular complexity index is 1590. The molecule has 0 radical (unpaired) electrons. The summed E-state index contributed by atoms with van der Waals surface area (Å²) in [5.74, 6) is 11.0. The zero-order chi connectivity index (χ0) is 59.0. The molecule has 77 heavy (non-hydrogen) atoms. The summed E-state index contributed by atoms with van der Waals surface area (Å²) in [5, 5.41) is 3.81. The first kappa shape index (κ1) is 75.6. The molecular formula is C70H126S7. The van der Waals surface area contributed by atoms with Gasteiger partial charge in [0.05, 0.1) is 0 Å². The van der Waals surface area contributed by atoms with Crippen molar-refractivity contribution < 1.29 is 0 Å². The van der Waals surface area contributed by atoms with Gasteiger partial charge in [0.2, 0.25) is 0 Å². The van der Waals surface area contributed by atoms with Gasteiger partial charge in [0.25, 0.3) is 0 Å². The average Bonchev–Trinajstić information content (AvgIpc) is 3.29. The number of hydrogen-bond donors (Lipinski definition) is 7. The molecule has 0 aliphatic heterocycles. The molecule has 0 aromatic heterocycles. The monoisotopic (exact) mass is 1190 g/mol. The second kappa shape index (κ2) is 39.3. The average molecular weight is 1190 g/mol. The largest absolute Gasteiger partial charge is 0.175 e. The van der Waals surface area contributed by atoms with Crippen molar-refractivity contribution in [1.29, 1.82) is 0 Å². The van der Waals surface area contributed by atoms with Crippen molar-refractivity contribution >= 4 is 88.4 Å². The fourth-order valence-corrected chi connectivity index (χ4v) is 17.7. The maximum absolute atomic E-state index is 4.61. The zero-order valence-corrected chi connectivity index (χ0v) is 60.0. The first-order valence-corrected chi connectivity index (χ1v) is 34.8. The van der Waals surface area contributed by atoms with E-state index >= 15 is 0 Å². The van der Waals surface area contributed by atoms with Crippen LogP contribution in [0.5, 0.6) is 0 Å². The molecule has 448 valence electrons. The standard InChI is InChI=1S/7C10H18S/c7*1-7(2)9-5-4-8(3)6-10(9)11/h4*6-7,9-11H,4-5H2,1-3H3;3*4,7,9-11H,5-6H2,1-3H3/t2*9-,10+;2*9-,10-;9-,10+;2*9-,10-/m1010110/s1. The second-order valence-electron chi connectivity index (χ2n) is 27.7. The molecule has 7 heteroatoms. The summed E-state index contributed by atoms with van der Waals surface area (Å²) in [7, 11) is 0. The number of hydrogen-bond acceptors (Lipinski definition) is 7. The third kappa shape index (κ3) is 29.8. The maximum Gasteiger partial charge on any atom is 0.0230 e. The molecule has 0 bridgehead atoms. The highest BCUT2D eigenvalue weighted by molar-refractivity contribution is 7.82. The van der Waals surface area contributed by atoms with Crippen LogP contribution in [-0.4, -0.2) is 36.7 Å². The summed E-state index contributed by atoms with van der Waals surface area (Å²) in [6, 6.07) is 0. The fraction of sp³-hybridized carbons (Fsp3) is 0.800. The first-order chi connectivity index (χ1) is 35.8. The fourth-order valence-electron chi connectivity index (χ4n) is 12.5. The first-order valence-electron chi connectivity index (χ1n) is 31.2. The Balaban J connectivity index is 0.000000449. The van der Waals surface area contributed by atoms with Gasteiger partial charge in [-0.2, -0.15) is 88.4 Å². The van der Waals surface area contributed by atoms with Crippen molar-refractivity contribution in [2.24, 2.45) is 82.9 Å². The normalized spacial score (nSPS) is 32.3. The summed E-state index contributed by atoms with van der Waals surface area (Å²) in [6.45, 7) is 47.6. The molecule has 0 heterocycles. The van der Waals surface area contributed by atoms with Gasteiger partial charge in [-0.1, -0.05) is 178 Å². The molecule has 0 aromatic carbocycles. The van der Waals surface area contributed by atoms with Gasteiger partial charge in [-0.25, -0.2) is 0 Å². The molecule has 7 rings (SSSR count). The zero-order valence-electron chi connectivity index (χ0n) is 53.7.